The van der Waals surface area contributed by atoms with Crippen molar-refractivity contribution >= 4 is 56.1 Å². The van der Waals surface area contributed by atoms with E-state index in [4.69, 9.17) is 38.4 Å². The van der Waals surface area contributed by atoms with Crippen LogP contribution >= 0.6 is 0 Å². The Morgan fingerprint density at radius 1 is 0.584 bits per heavy atom. The lowest BCUT2D eigenvalue weighted by atomic mass is 9.87. The number of fused-ring (bicyclic) bond motifs is 2. The van der Waals surface area contributed by atoms with Gasteiger partial charge in [-0.1, -0.05) is 84.3 Å². The van der Waals surface area contributed by atoms with E-state index in [1.807, 2.05) is 51.3 Å². The fourth-order valence-electron chi connectivity index (χ4n) is 11.2. The van der Waals surface area contributed by atoms with Gasteiger partial charge >= 0.3 is 12.2 Å². The lowest BCUT2D eigenvalue weighted by Crippen LogP contribution is -2.37. The number of nitrogens with zero attached hydrogens (tertiary/aromatic N) is 7. The highest BCUT2D eigenvalue weighted by molar-refractivity contribution is 6.76. The second-order valence-electron chi connectivity index (χ2n) is 27.1. The molecule has 0 N–H and O–H groups in total. The van der Waals surface area contributed by atoms with Crippen LogP contribution in [-0.2, 0) is 47.3 Å². The number of rotatable bonds is 17. The fraction of sp³-hybridized carbons (Fsp3) is 0.633. The number of carbonyl (C=O) groups is 2. The van der Waals surface area contributed by atoms with Gasteiger partial charge in [-0.05, 0) is 138 Å². The summed E-state index contributed by atoms with van der Waals surface area (Å²) in [5, 5.41) is 0. The molecule has 3 aliphatic heterocycles. The Kier molecular flexibility index (Phi) is 17.2. The van der Waals surface area contributed by atoms with Crippen molar-refractivity contribution in [1.29, 1.82) is 0 Å². The summed E-state index contributed by atoms with van der Waals surface area (Å²) in [6.07, 6.45) is 1.74. The fourth-order valence-corrected chi connectivity index (χ4v) is 12.7. The number of benzene rings is 3. The number of methoxy groups -OCH3 is 2. The van der Waals surface area contributed by atoms with Crippen molar-refractivity contribution in [3.05, 3.63) is 89.0 Å². The summed E-state index contributed by atoms with van der Waals surface area (Å²) in [5.74, 6) is 1.59. The van der Waals surface area contributed by atoms with Gasteiger partial charge in [0.25, 0.3) is 0 Å². The molecule has 0 bridgehead atoms. The Bertz CT molecular complexity index is 2850. The smallest absolute Gasteiger partial charge is 0.410 e. The second kappa shape index (κ2) is 22.8. The molecule has 2 aromatic heterocycles. The number of amides is 2. The van der Waals surface area contributed by atoms with Crippen molar-refractivity contribution in [2.75, 3.05) is 45.4 Å². The van der Waals surface area contributed by atoms with Crippen molar-refractivity contribution < 1.29 is 38.0 Å². The monoisotopic (exact) mass is 1090 g/mol. The molecule has 0 saturated carbocycles. The number of hydrogen-bond acceptors (Lipinski definition) is 11. The van der Waals surface area contributed by atoms with E-state index in [0.717, 1.165) is 88.3 Å². The van der Waals surface area contributed by atoms with Crippen LogP contribution < -0.4 is 4.90 Å². The first-order chi connectivity index (χ1) is 36.1. The van der Waals surface area contributed by atoms with E-state index < -0.39 is 39.6 Å². The molecule has 3 aromatic carbocycles. The zero-order chi connectivity index (χ0) is 56.0. The molecule has 0 spiro atoms. The van der Waals surface area contributed by atoms with Gasteiger partial charge in [-0.25, -0.2) is 19.6 Å². The molecular formula is C60H91N7O8Si2. The van der Waals surface area contributed by atoms with Gasteiger partial charge in [-0.15, -0.1) is 0 Å². The molecule has 0 unspecified atom stereocenters. The van der Waals surface area contributed by atoms with Gasteiger partial charge in [-0.2, -0.15) is 0 Å². The molecule has 0 radical (unpaired) electrons. The minimum Gasteiger partial charge on any atom is -0.444 e. The zero-order valence-electron chi connectivity index (χ0n) is 49.6. The third-order valence-electron chi connectivity index (χ3n) is 15.2. The molecule has 15 nitrogen and oxygen atoms in total. The highest BCUT2D eigenvalue weighted by Gasteiger charge is 2.52. The van der Waals surface area contributed by atoms with E-state index >= 15 is 0 Å². The number of carbonyl (C=O) groups excluding carboxylic acids is 2. The van der Waals surface area contributed by atoms with Crippen LogP contribution in [0.15, 0.2) is 60.7 Å². The van der Waals surface area contributed by atoms with E-state index in [0.29, 0.717) is 39.8 Å². The molecule has 422 valence electrons. The minimum absolute atomic E-state index is 0.0541. The van der Waals surface area contributed by atoms with Crippen molar-refractivity contribution in [2.45, 2.75) is 206 Å². The Morgan fingerprint density at radius 3 is 1.49 bits per heavy atom. The van der Waals surface area contributed by atoms with Crippen molar-refractivity contribution in [1.82, 2.24) is 28.9 Å². The van der Waals surface area contributed by atoms with E-state index in [2.05, 4.69) is 135 Å². The maximum absolute atomic E-state index is 13.8. The van der Waals surface area contributed by atoms with Crippen LogP contribution in [0.25, 0.3) is 22.1 Å². The molecule has 77 heavy (non-hydrogen) atoms. The molecule has 3 saturated heterocycles. The molecule has 2 amide bonds. The molecule has 5 heterocycles. The Balaban J connectivity index is 1.26. The summed E-state index contributed by atoms with van der Waals surface area (Å²) >= 11 is 0. The molecule has 8 rings (SSSR count). The average Bonchev–Trinajstić information content (AvgIpc) is 4.27. The summed E-state index contributed by atoms with van der Waals surface area (Å²) in [4.78, 5) is 44.5. The minimum atomic E-state index is -1.39. The van der Waals surface area contributed by atoms with Crippen molar-refractivity contribution in [3.8, 4) is 0 Å². The Morgan fingerprint density at radius 2 is 1.04 bits per heavy atom. The quantitative estimate of drug-likeness (QED) is 0.0650. The Labute approximate surface area is 461 Å². The summed E-state index contributed by atoms with van der Waals surface area (Å²) < 4.78 is 42.6. The average molecular weight is 1090 g/mol. The normalized spacial score (nSPS) is 21.8. The molecule has 3 aliphatic rings. The lowest BCUT2D eigenvalue weighted by Gasteiger charge is -2.34. The van der Waals surface area contributed by atoms with E-state index in [9.17, 15) is 9.59 Å². The third-order valence-corrected chi connectivity index (χ3v) is 18.6. The molecule has 6 atom stereocenters. The molecule has 0 aliphatic carbocycles. The standard InChI is InChI=1S/C60H91N7O8Si2/c1-58(2,3)42-24-26-43(27-25-42)67-50(40-23-29-46-45(36-40)62-55(65(46)38-72-32-34-76(12,13)14)48-21-19-31-64(48)57(69)75-60(7,8)9)52(70-10)53(71-11)51(67)41-22-28-44-49(37-41)66(39-73-33-35-77(15,16)17)54(61-44)47-20-18-30-63(47)56(68)74-59(4,5)6/h22-29,36-37,47-48,50-53H,18-21,30-35,38-39H2,1-17H3/t47-,48-,50-,51-,52+,53+/m0/s1. The van der Waals surface area contributed by atoms with Crippen molar-refractivity contribution in [3.63, 3.8) is 0 Å². The van der Waals surface area contributed by atoms with Crippen LogP contribution in [0.3, 0.4) is 0 Å². The largest absolute Gasteiger partial charge is 0.444 e. The van der Waals surface area contributed by atoms with Crippen LogP contribution in [0.1, 0.15) is 141 Å². The van der Waals surface area contributed by atoms with Crippen LogP contribution in [-0.4, -0.2) is 121 Å². The summed E-state index contributed by atoms with van der Waals surface area (Å²) in [5.41, 5.74) is 6.51. The molecule has 3 fully saturated rings. The first-order valence-electron chi connectivity index (χ1n) is 28.2. The highest BCUT2D eigenvalue weighted by atomic mass is 28.3. The number of anilines is 1. The van der Waals surface area contributed by atoms with Gasteiger partial charge in [-0.3, -0.25) is 9.80 Å². The first-order valence-corrected chi connectivity index (χ1v) is 35.6. The van der Waals surface area contributed by atoms with Gasteiger partial charge in [0.05, 0.1) is 46.2 Å². The van der Waals surface area contributed by atoms with E-state index in [-0.39, 0.29) is 41.8 Å². The van der Waals surface area contributed by atoms with Gasteiger partial charge in [0, 0.05) is 62.4 Å². The van der Waals surface area contributed by atoms with Crippen LogP contribution in [0.4, 0.5) is 15.3 Å². The number of ether oxygens (including phenoxy) is 6. The number of likely N-dealkylation sites (tertiary alicyclic amines) is 2. The maximum atomic E-state index is 13.8. The second-order valence-corrected chi connectivity index (χ2v) is 38.4. The molecule has 17 heteroatoms. The predicted octanol–water partition coefficient (Wildman–Crippen LogP) is 13.8. The first kappa shape index (κ1) is 58.4. The van der Waals surface area contributed by atoms with Crippen LogP contribution in [0, 0.1) is 0 Å². The van der Waals surface area contributed by atoms with Crippen LogP contribution in [0.5, 0.6) is 0 Å². The summed E-state index contributed by atoms with van der Waals surface area (Å²) in [7, 11) is 0.812. The number of aromatic nitrogens is 4. The SMILES string of the molecule is CO[C@H]1[C@H](OC)[C@H](c2ccc3nc([C@@H]4CCCN4C(=O)OC(C)(C)C)n(COCC[Si](C)(C)C)c3c2)N(c2ccc(C(C)(C)C)cc2)[C@H]1c1ccc2c(c1)nc([C@@H]1CCCN1C(=O)OC(C)(C)C)n2COCC[Si](C)(C)C. The zero-order valence-corrected chi connectivity index (χ0v) is 51.6. The maximum Gasteiger partial charge on any atom is 0.410 e. The lowest BCUT2D eigenvalue weighted by molar-refractivity contribution is -0.0287. The predicted molar refractivity (Wildman–Crippen MR) is 312 cm³/mol. The van der Waals surface area contributed by atoms with E-state index in [1.54, 1.807) is 14.2 Å². The van der Waals surface area contributed by atoms with Gasteiger partial charge < -0.3 is 42.5 Å². The number of hydrogen-bond donors (Lipinski definition) is 0. The molecule has 5 aromatic rings. The topological polar surface area (TPSA) is 135 Å². The van der Waals surface area contributed by atoms with E-state index in [1.165, 1.54) is 5.56 Å². The molecular weight excluding hydrogens is 1000 g/mol. The number of imidazole rings is 2. The third kappa shape index (κ3) is 13.5. The highest BCUT2D eigenvalue weighted by Crippen LogP contribution is 2.51. The van der Waals surface area contributed by atoms with Crippen molar-refractivity contribution in [2.24, 2.45) is 0 Å². The Hall–Kier alpha value is -4.79. The van der Waals surface area contributed by atoms with Crippen LogP contribution in [0.2, 0.25) is 51.4 Å². The van der Waals surface area contributed by atoms with Gasteiger partial charge in [0.15, 0.2) is 0 Å². The summed E-state index contributed by atoms with van der Waals surface area (Å²) in [6, 6.07) is 22.9. The summed E-state index contributed by atoms with van der Waals surface area (Å²) in [6.45, 7) is 35.4. The van der Waals surface area contributed by atoms with Gasteiger partial charge in [0.1, 0.15) is 48.5 Å². The van der Waals surface area contributed by atoms with Gasteiger partial charge in [0.2, 0.25) is 0 Å².